The van der Waals surface area contributed by atoms with E-state index in [-0.39, 0.29) is 30.3 Å². The van der Waals surface area contributed by atoms with E-state index in [0.717, 1.165) is 25.1 Å². The first-order valence-corrected chi connectivity index (χ1v) is 7.98. The summed E-state index contributed by atoms with van der Waals surface area (Å²) in [7, 11) is 0. The molecule has 0 aliphatic carbocycles. The van der Waals surface area contributed by atoms with Crippen LogP contribution in [0.15, 0.2) is 24.3 Å². The van der Waals surface area contributed by atoms with Crippen molar-refractivity contribution in [1.82, 2.24) is 4.90 Å². The smallest absolute Gasteiger partial charge is 0.307 e. The Balaban J connectivity index is 0.00000192. The predicted molar refractivity (Wildman–Crippen MR) is 91.4 cm³/mol. The van der Waals surface area contributed by atoms with Crippen molar-refractivity contribution in [2.24, 2.45) is 5.92 Å². The minimum absolute atomic E-state index is 0. The maximum Gasteiger partial charge on any atom is 0.307 e. The zero-order chi connectivity index (χ0) is 15.7. The van der Waals surface area contributed by atoms with Crippen molar-refractivity contribution >= 4 is 41.6 Å². The third kappa shape index (κ3) is 3.62. The standard InChI is InChI=1S/C16H19ClN2O3.ClH/c17-12-5-1-2-6-13(12)19-9-7-14(15(19)20)18-8-3-4-11(10-18)16(21)22;/h1-2,5-6,11,14H,3-4,7-10H2,(H,21,22);1H. The number of anilines is 1. The summed E-state index contributed by atoms with van der Waals surface area (Å²) < 4.78 is 0. The second-order valence-corrected chi connectivity index (χ2v) is 6.33. The van der Waals surface area contributed by atoms with Crippen LogP contribution in [-0.4, -0.2) is 47.6 Å². The van der Waals surface area contributed by atoms with Crippen molar-refractivity contribution < 1.29 is 14.7 Å². The summed E-state index contributed by atoms with van der Waals surface area (Å²) in [4.78, 5) is 27.6. The number of hydrogen-bond donors (Lipinski definition) is 1. The number of likely N-dealkylation sites (tertiary alicyclic amines) is 1. The van der Waals surface area contributed by atoms with Gasteiger partial charge in [-0.15, -0.1) is 12.4 Å². The van der Waals surface area contributed by atoms with E-state index < -0.39 is 5.97 Å². The zero-order valence-corrected chi connectivity index (χ0v) is 14.2. The van der Waals surface area contributed by atoms with Gasteiger partial charge in [0, 0.05) is 13.1 Å². The van der Waals surface area contributed by atoms with E-state index in [1.807, 2.05) is 23.1 Å². The van der Waals surface area contributed by atoms with E-state index in [2.05, 4.69) is 0 Å². The van der Waals surface area contributed by atoms with Crippen LogP contribution in [0.1, 0.15) is 19.3 Å². The average Bonchev–Trinajstić information content (AvgIpc) is 2.89. The molecule has 0 saturated carbocycles. The van der Waals surface area contributed by atoms with E-state index >= 15 is 0 Å². The lowest BCUT2D eigenvalue weighted by Crippen LogP contribution is -2.48. The molecule has 2 unspecified atom stereocenters. The van der Waals surface area contributed by atoms with E-state index in [1.54, 1.807) is 11.0 Å². The highest BCUT2D eigenvalue weighted by molar-refractivity contribution is 6.33. The van der Waals surface area contributed by atoms with Gasteiger partial charge in [0.05, 0.1) is 22.7 Å². The number of carboxylic acid groups (broad SMARTS) is 1. The van der Waals surface area contributed by atoms with E-state index in [0.29, 0.717) is 24.5 Å². The third-order valence-corrected chi connectivity index (χ3v) is 4.88. The largest absolute Gasteiger partial charge is 0.481 e. The number of halogens is 2. The molecule has 3 rings (SSSR count). The number of hydrogen-bond acceptors (Lipinski definition) is 3. The van der Waals surface area contributed by atoms with Crippen LogP contribution in [0.4, 0.5) is 5.69 Å². The lowest BCUT2D eigenvalue weighted by molar-refractivity contribution is -0.144. The average molecular weight is 359 g/mol. The molecular weight excluding hydrogens is 339 g/mol. The first-order valence-electron chi connectivity index (χ1n) is 7.60. The molecule has 2 atom stereocenters. The summed E-state index contributed by atoms with van der Waals surface area (Å²) in [6, 6.07) is 7.10. The van der Waals surface area contributed by atoms with Gasteiger partial charge in [0.1, 0.15) is 0 Å². The van der Waals surface area contributed by atoms with Crippen molar-refractivity contribution in [3.63, 3.8) is 0 Å². The molecule has 0 radical (unpaired) electrons. The van der Waals surface area contributed by atoms with Crippen LogP contribution in [0.2, 0.25) is 5.02 Å². The van der Waals surface area contributed by atoms with Gasteiger partial charge in [-0.1, -0.05) is 23.7 Å². The fraction of sp³-hybridized carbons (Fsp3) is 0.500. The monoisotopic (exact) mass is 358 g/mol. The SMILES string of the molecule is Cl.O=C(O)C1CCCN(C2CCN(c3ccccc3Cl)C2=O)C1. The zero-order valence-electron chi connectivity index (χ0n) is 12.7. The highest BCUT2D eigenvalue weighted by Crippen LogP contribution is 2.31. The van der Waals surface area contributed by atoms with Crippen LogP contribution in [0.25, 0.3) is 0 Å². The second-order valence-electron chi connectivity index (χ2n) is 5.92. The minimum Gasteiger partial charge on any atom is -0.481 e. The summed E-state index contributed by atoms with van der Waals surface area (Å²) in [5, 5.41) is 9.76. The molecule has 7 heteroatoms. The second kappa shape index (κ2) is 7.51. The molecule has 2 aliphatic heterocycles. The van der Waals surface area contributed by atoms with Crippen LogP contribution in [0, 0.1) is 5.92 Å². The predicted octanol–water partition coefficient (Wildman–Crippen LogP) is 2.66. The maximum atomic E-state index is 12.7. The lowest BCUT2D eigenvalue weighted by Gasteiger charge is -2.34. The number of para-hydroxylation sites is 1. The van der Waals surface area contributed by atoms with E-state index in [4.69, 9.17) is 11.6 Å². The summed E-state index contributed by atoms with van der Waals surface area (Å²) in [5.74, 6) is -1.10. The molecule has 23 heavy (non-hydrogen) atoms. The van der Waals surface area contributed by atoms with Gasteiger partial charge in [0.15, 0.2) is 0 Å². The summed E-state index contributed by atoms with van der Waals surface area (Å²) >= 11 is 6.18. The Labute approximate surface area is 146 Å². The Bertz CT molecular complexity index is 596. The first kappa shape index (κ1) is 18.0. The number of carbonyl (C=O) groups excluding carboxylic acids is 1. The van der Waals surface area contributed by atoms with Crippen molar-refractivity contribution in [2.45, 2.75) is 25.3 Å². The van der Waals surface area contributed by atoms with Gasteiger partial charge in [-0.3, -0.25) is 14.5 Å². The molecule has 1 amide bonds. The lowest BCUT2D eigenvalue weighted by atomic mass is 9.96. The Kier molecular flexibility index (Phi) is 5.89. The highest BCUT2D eigenvalue weighted by atomic mass is 35.5. The number of aliphatic carboxylic acids is 1. The van der Waals surface area contributed by atoms with Crippen LogP contribution in [0.3, 0.4) is 0 Å². The molecule has 2 fully saturated rings. The van der Waals surface area contributed by atoms with Gasteiger partial charge in [-0.2, -0.15) is 0 Å². The van der Waals surface area contributed by atoms with Crippen LogP contribution >= 0.6 is 24.0 Å². The molecule has 2 saturated heterocycles. The molecule has 1 aromatic carbocycles. The van der Waals surface area contributed by atoms with Gasteiger partial charge in [0.2, 0.25) is 5.91 Å². The number of amides is 1. The number of piperidine rings is 1. The van der Waals surface area contributed by atoms with Crippen LogP contribution in [0.5, 0.6) is 0 Å². The normalized spacial score (nSPS) is 25.3. The van der Waals surface area contributed by atoms with Gasteiger partial charge >= 0.3 is 5.97 Å². The van der Waals surface area contributed by atoms with Gasteiger partial charge in [-0.05, 0) is 37.9 Å². The maximum absolute atomic E-state index is 12.7. The minimum atomic E-state index is -0.766. The quantitative estimate of drug-likeness (QED) is 0.902. The molecule has 1 N–H and O–H groups in total. The topological polar surface area (TPSA) is 60.9 Å². The van der Waals surface area contributed by atoms with E-state index in [1.165, 1.54) is 0 Å². The number of benzene rings is 1. The van der Waals surface area contributed by atoms with Crippen molar-refractivity contribution in [3.05, 3.63) is 29.3 Å². The van der Waals surface area contributed by atoms with Crippen molar-refractivity contribution in [1.29, 1.82) is 0 Å². The summed E-state index contributed by atoms with van der Waals surface area (Å²) in [6.45, 7) is 1.88. The Morgan fingerprint density at radius 2 is 1.96 bits per heavy atom. The number of carboxylic acids is 1. The molecule has 5 nitrogen and oxygen atoms in total. The number of nitrogens with zero attached hydrogens (tertiary/aromatic N) is 2. The van der Waals surface area contributed by atoms with Crippen LogP contribution in [-0.2, 0) is 9.59 Å². The van der Waals surface area contributed by atoms with E-state index in [9.17, 15) is 14.7 Å². The van der Waals surface area contributed by atoms with Crippen molar-refractivity contribution in [2.75, 3.05) is 24.5 Å². The summed E-state index contributed by atoms with van der Waals surface area (Å²) in [5.41, 5.74) is 0.739. The molecule has 0 aromatic heterocycles. The molecule has 1 aromatic rings. The number of rotatable bonds is 3. The molecule has 2 aliphatic rings. The van der Waals surface area contributed by atoms with Crippen molar-refractivity contribution in [3.8, 4) is 0 Å². The van der Waals surface area contributed by atoms with Gasteiger partial charge in [-0.25, -0.2) is 0 Å². The van der Waals surface area contributed by atoms with Gasteiger partial charge in [0.25, 0.3) is 0 Å². The van der Waals surface area contributed by atoms with Gasteiger partial charge < -0.3 is 10.0 Å². The third-order valence-electron chi connectivity index (χ3n) is 4.56. The fourth-order valence-electron chi connectivity index (χ4n) is 3.40. The molecular formula is C16H20Cl2N2O3. The molecule has 0 bridgehead atoms. The van der Waals surface area contributed by atoms with Crippen LogP contribution < -0.4 is 4.90 Å². The number of carbonyl (C=O) groups is 2. The Hall–Kier alpha value is -1.30. The molecule has 0 spiro atoms. The highest BCUT2D eigenvalue weighted by Gasteiger charge is 2.39. The Morgan fingerprint density at radius 3 is 2.65 bits per heavy atom. The fourth-order valence-corrected chi connectivity index (χ4v) is 3.64. The molecule has 126 valence electrons. The Morgan fingerprint density at radius 1 is 1.22 bits per heavy atom. The summed E-state index contributed by atoms with van der Waals surface area (Å²) in [6.07, 6.45) is 2.24. The first-order chi connectivity index (χ1) is 10.6. The molecule has 2 heterocycles.